The molecule has 21 heavy (non-hydrogen) atoms. The predicted octanol–water partition coefficient (Wildman–Crippen LogP) is -1.59. The van der Waals surface area contributed by atoms with Crippen LogP contribution in [0.4, 0.5) is 0 Å². The minimum absolute atomic E-state index is 0. The molecule has 2 rings (SSSR count). The maximum Gasteiger partial charge on any atom is 1.00 e. The van der Waals surface area contributed by atoms with E-state index in [1.54, 1.807) is 13.0 Å². The zero-order valence-corrected chi connectivity index (χ0v) is 14.8. The summed E-state index contributed by atoms with van der Waals surface area (Å²) >= 11 is 6.12. The first kappa shape index (κ1) is 17.9. The van der Waals surface area contributed by atoms with Gasteiger partial charge in [0.2, 0.25) is 5.88 Å². The summed E-state index contributed by atoms with van der Waals surface area (Å²) in [5.41, 5.74) is 2.11. The van der Waals surface area contributed by atoms with E-state index in [2.05, 4.69) is 9.97 Å². The van der Waals surface area contributed by atoms with Gasteiger partial charge in [-0.2, -0.15) is 4.98 Å². The molecule has 0 atom stereocenters. The van der Waals surface area contributed by atoms with Crippen molar-refractivity contribution in [2.45, 2.75) is 13.3 Å². The molecule has 2 aromatic rings. The van der Waals surface area contributed by atoms with Gasteiger partial charge >= 0.3 is 29.6 Å². The molecule has 104 valence electrons. The number of halogens is 1. The number of rotatable bonds is 4. The van der Waals surface area contributed by atoms with E-state index in [0.29, 0.717) is 22.7 Å². The Morgan fingerprint density at radius 1 is 1.33 bits per heavy atom. The summed E-state index contributed by atoms with van der Waals surface area (Å²) in [6, 6.07) is 7.38. The average molecular weight is 315 g/mol. The Bertz CT molecular complexity index is 665. The van der Waals surface area contributed by atoms with Crippen LogP contribution >= 0.6 is 11.6 Å². The van der Waals surface area contributed by atoms with Crippen molar-refractivity contribution in [1.82, 2.24) is 9.97 Å². The van der Waals surface area contributed by atoms with Gasteiger partial charge in [0.05, 0.1) is 7.11 Å². The molecular weight excluding hydrogens is 303 g/mol. The van der Waals surface area contributed by atoms with Crippen LogP contribution < -0.4 is 39.4 Å². The molecule has 1 aromatic carbocycles. The van der Waals surface area contributed by atoms with E-state index in [0.717, 1.165) is 5.56 Å². The van der Waals surface area contributed by atoms with E-state index in [-0.39, 0.29) is 41.3 Å². The number of carboxylic acids is 1. The third-order valence-electron chi connectivity index (χ3n) is 2.88. The normalized spacial score (nSPS) is 9.86. The smallest absolute Gasteiger partial charge is 0.541 e. The van der Waals surface area contributed by atoms with E-state index in [1.807, 2.05) is 18.2 Å². The van der Waals surface area contributed by atoms with Crippen molar-refractivity contribution in [3.05, 3.63) is 51.9 Å². The standard InChI is InChI=1S/C14H13ClN2O3.Na/c1-8-10(7-9-5-3-4-6-11(9)15)13(20-2)17-12(16-8)14(18)19;/h3-6H,7H2,1-2H3,(H,18,19);/q;+1/p-1. The van der Waals surface area contributed by atoms with Crippen LogP contribution in [0.25, 0.3) is 0 Å². The van der Waals surface area contributed by atoms with Crippen LogP contribution in [0.2, 0.25) is 5.02 Å². The number of methoxy groups -OCH3 is 1. The molecule has 1 heterocycles. The topological polar surface area (TPSA) is 75.1 Å². The Labute approximate surface area is 149 Å². The van der Waals surface area contributed by atoms with Crippen molar-refractivity contribution in [2.75, 3.05) is 7.11 Å². The number of aryl methyl sites for hydroxylation is 1. The van der Waals surface area contributed by atoms with Gasteiger partial charge in [-0.05, 0) is 18.6 Å². The number of nitrogens with zero attached hydrogens (tertiary/aromatic N) is 2. The number of carbonyl (C=O) groups excluding carboxylic acids is 1. The SMILES string of the molecule is COc1nc(C(=O)[O-])nc(C)c1Cc1ccccc1Cl.[Na+]. The summed E-state index contributed by atoms with van der Waals surface area (Å²) in [5, 5.41) is 11.5. The van der Waals surface area contributed by atoms with E-state index in [4.69, 9.17) is 16.3 Å². The van der Waals surface area contributed by atoms with Crippen LogP contribution in [0.1, 0.15) is 27.4 Å². The fourth-order valence-corrected chi connectivity index (χ4v) is 2.07. The van der Waals surface area contributed by atoms with Crippen LogP contribution in [0.15, 0.2) is 24.3 Å². The molecule has 0 radical (unpaired) electrons. The molecule has 0 spiro atoms. The van der Waals surface area contributed by atoms with E-state index >= 15 is 0 Å². The quantitative estimate of drug-likeness (QED) is 0.636. The molecule has 0 amide bonds. The second kappa shape index (κ2) is 7.75. The summed E-state index contributed by atoms with van der Waals surface area (Å²) in [5.74, 6) is -1.60. The number of hydrogen-bond acceptors (Lipinski definition) is 5. The molecule has 0 saturated carbocycles. The third kappa shape index (κ3) is 4.17. The molecule has 0 saturated heterocycles. The number of hydrogen-bond donors (Lipinski definition) is 0. The number of carbonyl (C=O) groups is 1. The zero-order chi connectivity index (χ0) is 14.7. The Morgan fingerprint density at radius 3 is 2.57 bits per heavy atom. The van der Waals surface area contributed by atoms with Gasteiger partial charge < -0.3 is 14.6 Å². The number of benzene rings is 1. The van der Waals surface area contributed by atoms with Gasteiger partial charge in [-0.15, -0.1) is 0 Å². The van der Waals surface area contributed by atoms with Gasteiger partial charge in [-0.3, -0.25) is 0 Å². The first-order valence-corrected chi connectivity index (χ1v) is 6.27. The summed E-state index contributed by atoms with van der Waals surface area (Å²) < 4.78 is 5.14. The fraction of sp³-hybridized carbons (Fsp3) is 0.214. The van der Waals surface area contributed by atoms with E-state index < -0.39 is 5.97 Å². The summed E-state index contributed by atoms with van der Waals surface area (Å²) in [7, 11) is 1.43. The summed E-state index contributed by atoms with van der Waals surface area (Å²) in [6.45, 7) is 1.70. The Hall–Kier alpha value is -1.14. The summed E-state index contributed by atoms with van der Waals surface area (Å²) in [4.78, 5) is 18.6. The van der Waals surface area contributed by atoms with Crippen molar-refractivity contribution in [2.24, 2.45) is 0 Å². The van der Waals surface area contributed by atoms with Crippen molar-refractivity contribution in [1.29, 1.82) is 0 Å². The van der Waals surface area contributed by atoms with Crippen molar-refractivity contribution < 1.29 is 44.2 Å². The predicted molar refractivity (Wildman–Crippen MR) is 71.9 cm³/mol. The van der Waals surface area contributed by atoms with Crippen molar-refractivity contribution in [3.63, 3.8) is 0 Å². The van der Waals surface area contributed by atoms with E-state index in [1.165, 1.54) is 7.11 Å². The minimum Gasteiger partial charge on any atom is -0.541 e. The molecule has 1 aromatic heterocycles. The molecule has 0 fully saturated rings. The zero-order valence-electron chi connectivity index (χ0n) is 12.0. The maximum atomic E-state index is 10.8. The Morgan fingerprint density at radius 2 is 2.00 bits per heavy atom. The van der Waals surface area contributed by atoms with Gasteiger partial charge in [0.25, 0.3) is 0 Å². The Kier molecular flexibility index (Phi) is 6.61. The monoisotopic (exact) mass is 314 g/mol. The molecule has 0 aliphatic rings. The molecular formula is C14H12ClN2NaO3. The maximum absolute atomic E-state index is 10.8. The molecule has 0 bridgehead atoms. The van der Waals surface area contributed by atoms with Crippen molar-refractivity contribution in [3.8, 4) is 5.88 Å². The number of aromatic carboxylic acids is 1. The third-order valence-corrected chi connectivity index (χ3v) is 3.25. The molecule has 5 nitrogen and oxygen atoms in total. The van der Waals surface area contributed by atoms with Crippen LogP contribution in [-0.4, -0.2) is 23.0 Å². The largest absolute Gasteiger partial charge is 1.00 e. The molecule has 0 aliphatic heterocycles. The first-order chi connectivity index (χ1) is 9.52. The molecule has 7 heteroatoms. The molecule has 0 aliphatic carbocycles. The van der Waals surface area contributed by atoms with Crippen LogP contribution in [-0.2, 0) is 6.42 Å². The van der Waals surface area contributed by atoms with Gasteiger partial charge in [-0.1, -0.05) is 29.8 Å². The van der Waals surface area contributed by atoms with Crippen molar-refractivity contribution >= 4 is 17.6 Å². The first-order valence-electron chi connectivity index (χ1n) is 5.89. The van der Waals surface area contributed by atoms with Gasteiger partial charge in [0.1, 0.15) is 5.97 Å². The minimum atomic E-state index is -1.43. The fourth-order valence-electron chi connectivity index (χ4n) is 1.87. The number of carboxylic acid groups (broad SMARTS) is 1. The van der Waals surface area contributed by atoms with Crippen LogP contribution in [0, 0.1) is 6.92 Å². The van der Waals surface area contributed by atoms with Gasteiger partial charge in [-0.25, -0.2) is 4.98 Å². The summed E-state index contributed by atoms with van der Waals surface area (Å²) in [6.07, 6.45) is 0.460. The number of aromatic nitrogens is 2. The average Bonchev–Trinajstić information content (AvgIpc) is 2.42. The molecule has 0 unspecified atom stereocenters. The van der Waals surface area contributed by atoms with E-state index in [9.17, 15) is 9.90 Å². The second-order valence-electron chi connectivity index (χ2n) is 4.18. The number of ether oxygens (including phenoxy) is 1. The van der Waals surface area contributed by atoms with Crippen LogP contribution in [0.5, 0.6) is 5.88 Å². The van der Waals surface area contributed by atoms with Gasteiger partial charge in [0.15, 0.2) is 5.82 Å². The Balaban J connectivity index is 0.00000220. The van der Waals surface area contributed by atoms with Gasteiger partial charge in [0, 0.05) is 22.7 Å². The van der Waals surface area contributed by atoms with Crippen LogP contribution in [0.3, 0.4) is 0 Å². The second-order valence-corrected chi connectivity index (χ2v) is 4.58. The molecule has 0 N–H and O–H groups in total.